The molecule has 0 amide bonds. The Morgan fingerprint density at radius 1 is 1.53 bits per heavy atom. The Balaban J connectivity index is 1.93. The van der Waals surface area contributed by atoms with Crippen molar-refractivity contribution < 1.29 is 4.74 Å². The molecule has 1 N–H and O–H groups in total. The maximum atomic E-state index is 5.42. The highest BCUT2D eigenvalue weighted by molar-refractivity contribution is 5.07. The molecule has 1 saturated heterocycles. The molecule has 1 atom stereocenters. The highest BCUT2D eigenvalue weighted by Gasteiger charge is 2.23. The summed E-state index contributed by atoms with van der Waals surface area (Å²) in [5.41, 5.74) is 1.33. The molecule has 1 aromatic rings. The first-order valence-electron chi connectivity index (χ1n) is 6.59. The lowest BCUT2D eigenvalue weighted by molar-refractivity contribution is 0.0547. The molecule has 1 aromatic heterocycles. The van der Waals surface area contributed by atoms with Gasteiger partial charge in [-0.15, -0.1) is 0 Å². The Bertz CT molecular complexity index is 331. The molecular weight excluding hydrogens is 214 g/mol. The summed E-state index contributed by atoms with van der Waals surface area (Å²) in [4.78, 5) is 0. The molecule has 0 saturated carbocycles. The molecule has 4 nitrogen and oxygen atoms in total. The third-order valence-electron chi connectivity index (χ3n) is 3.67. The van der Waals surface area contributed by atoms with E-state index >= 15 is 0 Å². The molecule has 1 aliphatic rings. The molecule has 1 aliphatic heterocycles. The van der Waals surface area contributed by atoms with Crippen molar-refractivity contribution in [3.05, 3.63) is 18.0 Å². The number of aryl methyl sites for hydroxylation is 1. The van der Waals surface area contributed by atoms with E-state index in [9.17, 15) is 0 Å². The summed E-state index contributed by atoms with van der Waals surface area (Å²) in [7, 11) is 2.06. The third-order valence-corrected chi connectivity index (χ3v) is 3.67. The lowest BCUT2D eigenvalue weighted by Crippen LogP contribution is -2.38. The van der Waals surface area contributed by atoms with Gasteiger partial charge in [0.25, 0.3) is 0 Å². The molecule has 2 heterocycles. The predicted molar refractivity (Wildman–Crippen MR) is 68.0 cm³/mol. The molecule has 0 bridgehead atoms. The Hall–Kier alpha value is -0.870. The maximum Gasteiger partial charge on any atom is 0.0522 e. The van der Waals surface area contributed by atoms with Crippen molar-refractivity contribution in [2.45, 2.75) is 38.8 Å². The van der Waals surface area contributed by atoms with Crippen LogP contribution in [0.2, 0.25) is 0 Å². The summed E-state index contributed by atoms with van der Waals surface area (Å²) in [6, 6.07) is 0.549. The second-order valence-corrected chi connectivity index (χ2v) is 4.75. The van der Waals surface area contributed by atoms with Crippen LogP contribution in [0, 0.1) is 5.92 Å². The van der Waals surface area contributed by atoms with Gasteiger partial charge >= 0.3 is 0 Å². The summed E-state index contributed by atoms with van der Waals surface area (Å²) < 4.78 is 7.41. The second kappa shape index (κ2) is 6.17. The monoisotopic (exact) mass is 237 g/mol. The second-order valence-electron chi connectivity index (χ2n) is 4.75. The smallest absolute Gasteiger partial charge is 0.0522 e. The molecule has 1 fully saturated rings. The molecule has 2 rings (SSSR count). The highest BCUT2D eigenvalue weighted by Crippen LogP contribution is 2.21. The average molecular weight is 237 g/mol. The fourth-order valence-electron chi connectivity index (χ4n) is 2.56. The van der Waals surface area contributed by atoms with Crippen LogP contribution in [0.5, 0.6) is 0 Å². The summed E-state index contributed by atoms with van der Waals surface area (Å²) >= 11 is 0. The average Bonchev–Trinajstić information content (AvgIpc) is 2.84. The summed E-state index contributed by atoms with van der Waals surface area (Å²) in [6.45, 7) is 4.89. The van der Waals surface area contributed by atoms with E-state index in [4.69, 9.17) is 4.74 Å². The van der Waals surface area contributed by atoms with E-state index in [1.807, 2.05) is 10.9 Å². The van der Waals surface area contributed by atoms with E-state index in [0.29, 0.717) is 6.04 Å². The van der Waals surface area contributed by atoms with Gasteiger partial charge in [0.2, 0.25) is 0 Å². The van der Waals surface area contributed by atoms with Crippen molar-refractivity contribution in [1.29, 1.82) is 0 Å². The predicted octanol–water partition coefficient (Wildman–Crippen LogP) is 1.46. The van der Waals surface area contributed by atoms with Crippen molar-refractivity contribution in [1.82, 2.24) is 15.1 Å². The van der Waals surface area contributed by atoms with E-state index in [2.05, 4.69) is 30.6 Å². The van der Waals surface area contributed by atoms with Gasteiger partial charge in [0, 0.05) is 32.0 Å². The van der Waals surface area contributed by atoms with E-state index in [-0.39, 0.29) is 0 Å². The number of rotatable bonds is 5. The summed E-state index contributed by atoms with van der Waals surface area (Å²) in [5, 5.41) is 7.79. The zero-order valence-electron chi connectivity index (χ0n) is 10.9. The normalized spacial score (nSPS) is 19.4. The number of aromatic nitrogens is 2. The molecule has 4 heteroatoms. The SMILES string of the molecule is CCn1cc(CC(NC)C2CCOCC2)cn1. The quantitative estimate of drug-likeness (QED) is 0.842. The number of ether oxygens (including phenoxy) is 1. The van der Waals surface area contributed by atoms with Gasteiger partial charge in [-0.3, -0.25) is 4.68 Å². The lowest BCUT2D eigenvalue weighted by atomic mass is 9.88. The highest BCUT2D eigenvalue weighted by atomic mass is 16.5. The number of nitrogens with zero attached hydrogens (tertiary/aromatic N) is 2. The van der Waals surface area contributed by atoms with Crippen molar-refractivity contribution in [2.75, 3.05) is 20.3 Å². The van der Waals surface area contributed by atoms with Crippen LogP contribution in [0.3, 0.4) is 0 Å². The van der Waals surface area contributed by atoms with Gasteiger partial charge in [-0.25, -0.2) is 0 Å². The van der Waals surface area contributed by atoms with Crippen LogP contribution in [0.25, 0.3) is 0 Å². The zero-order valence-corrected chi connectivity index (χ0v) is 10.9. The van der Waals surface area contributed by atoms with Gasteiger partial charge in [-0.05, 0) is 44.7 Å². The number of likely N-dealkylation sites (N-methyl/N-ethyl adjacent to an activating group) is 1. The molecular formula is C13H23N3O. The van der Waals surface area contributed by atoms with Crippen LogP contribution < -0.4 is 5.32 Å². The van der Waals surface area contributed by atoms with E-state index < -0.39 is 0 Å². The molecule has 0 radical (unpaired) electrons. The minimum Gasteiger partial charge on any atom is -0.381 e. The van der Waals surface area contributed by atoms with Crippen LogP contribution in [-0.4, -0.2) is 36.1 Å². The fraction of sp³-hybridized carbons (Fsp3) is 0.769. The minimum absolute atomic E-state index is 0.549. The first-order valence-corrected chi connectivity index (χ1v) is 6.59. The summed E-state index contributed by atoms with van der Waals surface area (Å²) in [6.07, 6.45) is 7.57. The van der Waals surface area contributed by atoms with E-state index in [1.54, 1.807) is 0 Å². The topological polar surface area (TPSA) is 39.1 Å². The van der Waals surface area contributed by atoms with Gasteiger partial charge in [0.15, 0.2) is 0 Å². The van der Waals surface area contributed by atoms with Crippen LogP contribution in [-0.2, 0) is 17.7 Å². The van der Waals surface area contributed by atoms with Gasteiger partial charge in [-0.2, -0.15) is 5.10 Å². The van der Waals surface area contributed by atoms with Crippen LogP contribution in [0.4, 0.5) is 0 Å². The summed E-state index contributed by atoms with van der Waals surface area (Å²) in [5.74, 6) is 0.735. The molecule has 0 spiro atoms. The van der Waals surface area contributed by atoms with Crippen LogP contribution in [0.1, 0.15) is 25.3 Å². The maximum absolute atomic E-state index is 5.42. The molecule has 17 heavy (non-hydrogen) atoms. The van der Waals surface area contributed by atoms with Gasteiger partial charge < -0.3 is 10.1 Å². The van der Waals surface area contributed by atoms with E-state index in [1.165, 1.54) is 18.4 Å². The standard InChI is InChI=1S/C13H23N3O/c1-3-16-10-11(9-15-16)8-13(14-2)12-4-6-17-7-5-12/h9-10,12-14H,3-8H2,1-2H3. The van der Waals surface area contributed by atoms with Crippen molar-refractivity contribution >= 4 is 0 Å². The zero-order chi connectivity index (χ0) is 12.1. The third kappa shape index (κ3) is 3.30. The first-order chi connectivity index (χ1) is 8.33. The number of hydrogen-bond acceptors (Lipinski definition) is 3. The molecule has 96 valence electrons. The van der Waals surface area contributed by atoms with Gasteiger partial charge in [0.1, 0.15) is 0 Å². The van der Waals surface area contributed by atoms with Crippen molar-refractivity contribution in [3.8, 4) is 0 Å². The number of hydrogen-bond donors (Lipinski definition) is 1. The Labute approximate surface area is 103 Å². The lowest BCUT2D eigenvalue weighted by Gasteiger charge is -2.29. The minimum atomic E-state index is 0.549. The van der Waals surface area contributed by atoms with Gasteiger partial charge in [-0.1, -0.05) is 0 Å². The Kier molecular flexibility index (Phi) is 4.57. The fourth-order valence-corrected chi connectivity index (χ4v) is 2.56. The number of nitrogens with one attached hydrogen (secondary N) is 1. The Morgan fingerprint density at radius 2 is 2.29 bits per heavy atom. The van der Waals surface area contributed by atoms with Crippen molar-refractivity contribution in [2.24, 2.45) is 5.92 Å². The first kappa shape index (κ1) is 12.6. The van der Waals surface area contributed by atoms with Crippen LogP contribution in [0.15, 0.2) is 12.4 Å². The van der Waals surface area contributed by atoms with Gasteiger partial charge in [0.05, 0.1) is 6.20 Å². The van der Waals surface area contributed by atoms with Crippen LogP contribution >= 0.6 is 0 Å². The molecule has 0 aromatic carbocycles. The van der Waals surface area contributed by atoms with E-state index in [0.717, 1.165) is 32.1 Å². The Morgan fingerprint density at radius 3 is 2.88 bits per heavy atom. The largest absolute Gasteiger partial charge is 0.381 e. The molecule has 0 aliphatic carbocycles. The molecule has 1 unspecified atom stereocenters. The van der Waals surface area contributed by atoms with Crippen molar-refractivity contribution in [3.63, 3.8) is 0 Å².